The highest BCUT2D eigenvalue weighted by atomic mass is 35.5. The van der Waals surface area contributed by atoms with Gasteiger partial charge in [0.25, 0.3) is 11.6 Å². The summed E-state index contributed by atoms with van der Waals surface area (Å²) in [5, 5.41) is 17.1. The molecule has 0 saturated carbocycles. The molecule has 8 rings (SSSR count). The number of rotatable bonds is 14. The SMILES string of the molecule is COc1ccc(CNc2ccc(S(=O)(=O)[N+]3(c4ccc(C(N)=O)c(Oc5cnc6[nH]ccc6c5)c4)CCN(CC4=C(c5ccc(Cl)cc5)CC(C)(C)CC4)CC3)cc2[N+](=O)[O-])cc1. The van der Waals surface area contributed by atoms with Gasteiger partial charge in [-0.05, 0) is 96.0 Å². The molecule has 4 N–H and O–H groups in total. The fourth-order valence-corrected chi connectivity index (χ4v) is 10.7. The lowest BCUT2D eigenvalue weighted by Crippen LogP contribution is -2.63. The summed E-state index contributed by atoms with van der Waals surface area (Å²) in [5.41, 5.74) is 11.3. The van der Waals surface area contributed by atoms with Gasteiger partial charge in [0.2, 0.25) is 0 Å². The van der Waals surface area contributed by atoms with Gasteiger partial charge in [-0.1, -0.05) is 55.3 Å². The Labute approximate surface area is 371 Å². The lowest BCUT2D eigenvalue weighted by Gasteiger charge is -2.43. The maximum atomic E-state index is 15.4. The van der Waals surface area contributed by atoms with Crippen LogP contribution in [0.15, 0.2) is 120 Å². The van der Waals surface area contributed by atoms with Gasteiger partial charge < -0.3 is 25.5 Å². The second-order valence-electron chi connectivity index (χ2n) is 16.9. The number of nitrogens with one attached hydrogen (secondary N) is 2. The van der Waals surface area contributed by atoms with Crippen molar-refractivity contribution in [2.24, 2.45) is 11.1 Å². The number of allylic oxidation sites excluding steroid dienone is 1. The number of hydrogen-bond acceptors (Lipinski definition) is 10. The predicted octanol–water partition coefficient (Wildman–Crippen LogP) is 9.31. The quantitative estimate of drug-likeness (QED) is 0.0541. The van der Waals surface area contributed by atoms with Crippen molar-refractivity contribution in [1.29, 1.82) is 0 Å². The van der Waals surface area contributed by atoms with Gasteiger partial charge in [0, 0.05) is 61.0 Å². The van der Waals surface area contributed by atoms with E-state index in [1.807, 2.05) is 30.3 Å². The average molecular weight is 891 g/mol. The van der Waals surface area contributed by atoms with E-state index in [0.29, 0.717) is 47.5 Å². The third-order valence-corrected chi connectivity index (χ3v) is 14.8. The molecular weight excluding hydrogens is 842 g/mol. The minimum atomic E-state index is -4.45. The van der Waals surface area contributed by atoms with Gasteiger partial charge in [-0.15, -0.1) is 0 Å². The number of ether oxygens (including phenoxy) is 2. The molecule has 1 amide bonds. The fraction of sp³-hybridized carbons (Fsp3) is 0.277. The number of quaternary nitrogens is 1. The zero-order valence-corrected chi connectivity index (χ0v) is 36.8. The maximum Gasteiger partial charge on any atom is 0.332 e. The molecule has 0 bridgehead atoms. The molecule has 3 heterocycles. The minimum Gasteiger partial charge on any atom is -0.497 e. The van der Waals surface area contributed by atoms with Crippen molar-refractivity contribution >= 4 is 61.2 Å². The smallest absolute Gasteiger partial charge is 0.332 e. The Morgan fingerprint density at radius 1 is 1.00 bits per heavy atom. The van der Waals surface area contributed by atoms with Crippen LogP contribution in [0.4, 0.5) is 17.1 Å². The number of H-pyrrole nitrogens is 1. The Kier molecular flexibility index (Phi) is 12.0. The number of pyridine rings is 1. The first kappa shape index (κ1) is 43.4. The van der Waals surface area contributed by atoms with Crippen LogP contribution >= 0.6 is 11.6 Å². The Morgan fingerprint density at radius 2 is 1.75 bits per heavy atom. The molecule has 1 aliphatic carbocycles. The third kappa shape index (κ3) is 9.00. The zero-order valence-electron chi connectivity index (χ0n) is 35.3. The van der Waals surface area contributed by atoms with Gasteiger partial charge >= 0.3 is 10.0 Å². The number of anilines is 1. The van der Waals surface area contributed by atoms with E-state index in [9.17, 15) is 14.9 Å². The lowest BCUT2D eigenvalue weighted by molar-refractivity contribution is -0.384. The minimum absolute atomic E-state index is 0.0481. The summed E-state index contributed by atoms with van der Waals surface area (Å²) in [7, 11) is -2.88. The van der Waals surface area contributed by atoms with Crippen LogP contribution in [0.3, 0.4) is 0 Å². The number of piperazine rings is 1. The molecule has 1 fully saturated rings. The Hall–Kier alpha value is -6.26. The number of nitrogens with zero attached hydrogens (tertiary/aromatic N) is 4. The first-order chi connectivity index (χ1) is 30.1. The third-order valence-electron chi connectivity index (χ3n) is 12.2. The summed E-state index contributed by atoms with van der Waals surface area (Å²) in [6.07, 6.45) is 6.07. The maximum absolute atomic E-state index is 15.4. The number of benzene rings is 4. The summed E-state index contributed by atoms with van der Waals surface area (Å²) < 4.78 is 41.7. The van der Waals surface area contributed by atoms with Gasteiger partial charge in [-0.25, -0.2) is 4.98 Å². The van der Waals surface area contributed by atoms with Crippen LogP contribution in [0.5, 0.6) is 17.2 Å². The molecule has 16 heteroatoms. The number of hydrogen-bond donors (Lipinski definition) is 3. The number of methoxy groups -OCH3 is 1. The summed E-state index contributed by atoms with van der Waals surface area (Å²) in [6, 6.07) is 27.3. The van der Waals surface area contributed by atoms with E-state index in [1.54, 1.807) is 37.6 Å². The number of nitrogens with two attached hydrogens (primary N) is 1. The van der Waals surface area contributed by atoms with Crippen molar-refractivity contribution in [3.8, 4) is 17.2 Å². The van der Waals surface area contributed by atoms with E-state index in [1.165, 1.54) is 41.6 Å². The molecule has 4 aromatic carbocycles. The number of aromatic nitrogens is 2. The van der Waals surface area contributed by atoms with Gasteiger partial charge in [0.1, 0.15) is 46.6 Å². The van der Waals surface area contributed by atoms with Gasteiger partial charge in [-0.2, -0.15) is 12.3 Å². The van der Waals surface area contributed by atoms with Crippen LogP contribution in [-0.2, 0) is 16.6 Å². The predicted molar refractivity (Wildman–Crippen MR) is 246 cm³/mol. The van der Waals surface area contributed by atoms with Crippen molar-refractivity contribution in [1.82, 2.24) is 18.8 Å². The van der Waals surface area contributed by atoms with Crippen molar-refractivity contribution < 1.29 is 27.6 Å². The molecule has 0 unspecified atom stereocenters. The number of sulfonamides is 1. The molecule has 1 aliphatic heterocycles. The van der Waals surface area contributed by atoms with E-state index in [2.05, 4.69) is 46.2 Å². The first-order valence-corrected chi connectivity index (χ1v) is 22.5. The molecule has 0 radical (unpaired) electrons. The van der Waals surface area contributed by atoms with Gasteiger partial charge in [0.15, 0.2) is 5.69 Å². The second-order valence-corrected chi connectivity index (χ2v) is 19.4. The summed E-state index contributed by atoms with van der Waals surface area (Å²) in [5.74, 6) is 0.279. The van der Waals surface area contributed by atoms with Crippen LogP contribution in [0.1, 0.15) is 54.6 Å². The standard InChI is InChI=1S/C47H48ClN7O7S/c1-47(2)18-16-34(41(27-47)32-6-8-35(48)9-7-32)30-53-20-22-55(23-21-53,36-10-14-40(45(49)56)44(25-36)62-38-24-33-17-19-50-46(33)52-29-38)63(59,60)39-13-15-42(43(26-39)54(57)58)51-28-31-4-11-37(61-3)12-5-31/h4-15,17,19,24-26,29,51H,16,18,20-23,27-28,30H2,1-3H3,(H2-,49,50,52,56)/p+1. The van der Waals surface area contributed by atoms with Crippen LogP contribution in [0.2, 0.25) is 5.02 Å². The van der Waals surface area contributed by atoms with E-state index in [4.69, 9.17) is 26.8 Å². The molecule has 6 aromatic rings. The Bertz CT molecular complexity index is 2840. The number of halogens is 1. The normalized spacial score (nSPS) is 16.4. The van der Waals surface area contributed by atoms with Gasteiger partial charge in [0.05, 0.1) is 23.8 Å². The number of amides is 1. The molecular formula is C47H49ClN7O7S+. The van der Waals surface area contributed by atoms with E-state index in [-0.39, 0.29) is 52.6 Å². The Balaban J connectivity index is 1.17. The van der Waals surface area contributed by atoms with Gasteiger partial charge in [-0.3, -0.25) is 19.8 Å². The summed E-state index contributed by atoms with van der Waals surface area (Å²) >= 11 is 6.28. The van der Waals surface area contributed by atoms with E-state index in [0.717, 1.165) is 41.8 Å². The monoisotopic (exact) mass is 890 g/mol. The van der Waals surface area contributed by atoms with E-state index >= 15 is 8.42 Å². The number of carbonyl (C=O) groups excluding carboxylic acids is 1. The number of nitro benzene ring substituents is 1. The summed E-state index contributed by atoms with van der Waals surface area (Å²) in [4.78, 5) is 34.3. The van der Waals surface area contributed by atoms with Crippen LogP contribution in [0, 0.1) is 15.5 Å². The number of primary amides is 1. The number of aromatic amines is 1. The topological polar surface area (TPSA) is 183 Å². The zero-order chi connectivity index (χ0) is 44.5. The highest BCUT2D eigenvalue weighted by Crippen LogP contribution is 2.45. The fourth-order valence-electron chi connectivity index (χ4n) is 8.63. The molecule has 0 atom stereocenters. The molecule has 326 valence electrons. The number of carbonyl (C=O) groups is 1. The highest BCUT2D eigenvalue weighted by molar-refractivity contribution is 7.91. The van der Waals surface area contributed by atoms with Crippen molar-refractivity contribution in [3.63, 3.8) is 0 Å². The largest absolute Gasteiger partial charge is 0.497 e. The molecule has 0 spiro atoms. The van der Waals surface area contributed by atoms with Crippen LogP contribution < -0.4 is 24.4 Å². The van der Waals surface area contributed by atoms with E-state index < -0.39 is 24.7 Å². The van der Waals surface area contributed by atoms with Crippen LogP contribution in [-0.4, -0.2) is 73.9 Å². The molecule has 14 nitrogen and oxygen atoms in total. The second kappa shape index (κ2) is 17.5. The highest BCUT2D eigenvalue weighted by Gasteiger charge is 2.49. The van der Waals surface area contributed by atoms with Crippen molar-refractivity contribution in [2.45, 2.75) is 44.6 Å². The number of nitro groups is 1. The summed E-state index contributed by atoms with van der Waals surface area (Å²) in [6.45, 7) is 6.41. The number of fused-ring (bicyclic) bond motifs is 1. The first-order valence-electron chi connectivity index (χ1n) is 20.7. The molecule has 2 aliphatic rings. The van der Waals surface area contributed by atoms with Crippen molar-refractivity contribution in [2.75, 3.05) is 45.2 Å². The Morgan fingerprint density at radius 3 is 2.44 bits per heavy atom. The molecule has 1 saturated heterocycles. The average Bonchev–Trinajstić information content (AvgIpc) is 3.75. The molecule has 63 heavy (non-hydrogen) atoms. The lowest BCUT2D eigenvalue weighted by atomic mass is 9.72. The molecule has 2 aromatic heterocycles. The van der Waals surface area contributed by atoms with Crippen LogP contribution in [0.25, 0.3) is 16.6 Å². The van der Waals surface area contributed by atoms with Crippen molar-refractivity contribution in [3.05, 3.63) is 147 Å².